The van der Waals surface area contributed by atoms with Crippen molar-refractivity contribution in [1.82, 2.24) is 9.97 Å². The van der Waals surface area contributed by atoms with Crippen molar-refractivity contribution in [2.45, 2.75) is 20.0 Å². The van der Waals surface area contributed by atoms with Gasteiger partial charge in [-0.2, -0.15) is 0 Å². The molecule has 1 heterocycles. The van der Waals surface area contributed by atoms with Crippen molar-refractivity contribution in [3.05, 3.63) is 46.9 Å². The van der Waals surface area contributed by atoms with Crippen molar-refractivity contribution in [3.63, 3.8) is 0 Å². The van der Waals surface area contributed by atoms with Crippen LogP contribution >= 0.6 is 11.6 Å². The molecule has 0 amide bonds. The van der Waals surface area contributed by atoms with Gasteiger partial charge in [-0.05, 0) is 24.1 Å². The number of aliphatic hydroxyl groups is 1. The standard InChI is InChI=1S/C13H13ClN2O2/c1-2-11-12(14)15-8-16-13(11)18-10-5-3-4-9(6-10)7-17/h3-6,8,17H,2,7H2,1H3. The first-order chi connectivity index (χ1) is 8.74. The van der Waals surface area contributed by atoms with E-state index in [1.54, 1.807) is 12.1 Å². The van der Waals surface area contributed by atoms with Crippen LogP contribution in [0.15, 0.2) is 30.6 Å². The third-order valence-electron chi connectivity index (χ3n) is 2.50. The number of ether oxygens (including phenoxy) is 1. The number of halogens is 1. The number of hydrogen-bond donors (Lipinski definition) is 1. The lowest BCUT2D eigenvalue weighted by Crippen LogP contribution is -1.97. The van der Waals surface area contributed by atoms with Gasteiger partial charge in [0.25, 0.3) is 0 Å². The Morgan fingerprint density at radius 1 is 1.33 bits per heavy atom. The summed E-state index contributed by atoms with van der Waals surface area (Å²) in [5, 5.41) is 9.47. The molecule has 5 heteroatoms. The Labute approximate surface area is 110 Å². The zero-order chi connectivity index (χ0) is 13.0. The van der Waals surface area contributed by atoms with E-state index in [2.05, 4.69) is 9.97 Å². The van der Waals surface area contributed by atoms with Crippen LogP contribution in [0, 0.1) is 0 Å². The summed E-state index contributed by atoms with van der Waals surface area (Å²) < 4.78 is 5.68. The molecule has 18 heavy (non-hydrogen) atoms. The number of aromatic nitrogens is 2. The molecule has 0 fully saturated rings. The van der Waals surface area contributed by atoms with Gasteiger partial charge >= 0.3 is 0 Å². The van der Waals surface area contributed by atoms with Gasteiger partial charge in [-0.25, -0.2) is 9.97 Å². The summed E-state index contributed by atoms with van der Waals surface area (Å²) >= 11 is 5.98. The monoisotopic (exact) mass is 264 g/mol. The molecule has 0 aliphatic heterocycles. The molecule has 0 aliphatic rings. The van der Waals surface area contributed by atoms with Crippen LogP contribution in [-0.2, 0) is 13.0 Å². The smallest absolute Gasteiger partial charge is 0.226 e. The molecule has 0 radical (unpaired) electrons. The van der Waals surface area contributed by atoms with Crippen molar-refractivity contribution in [2.24, 2.45) is 0 Å². The van der Waals surface area contributed by atoms with E-state index in [0.717, 1.165) is 11.1 Å². The number of rotatable bonds is 4. The molecule has 4 nitrogen and oxygen atoms in total. The second kappa shape index (κ2) is 5.80. The van der Waals surface area contributed by atoms with Crippen LogP contribution in [0.4, 0.5) is 0 Å². The summed E-state index contributed by atoms with van der Waals surface area (Å²) in [5.74, 6) is 1.07. The normalized spacial score (nSPS) is 10.4. The fraction of sp³-hybridized carbons (Fsp3) is 0.231. The zero-order valence-electron chi connectivity index (χ0n) is 9.93. The molecule has 0 atom stereocenters. The van der Waals surface area contributed by atoms with Gasteiger partial charge in [0.15, 0.2) is 0 Å². The van der Waals surface area contributed by atoms with Gasteiger partial charge in [-0.3, -0.25) is 0 Å². The lowest BCUT2D eigenvalue weighted by atomic mass is 10.2. The van der Waals surface area contributed by atoms with Crippen molar-refractivity contribution >= 4 is 11.6 Å². The van der Waals surface area contributed by atoms with Crippen LogP contribution in [0.5, 0.6) is 11.6 Å². The van der Waals surface area contributed by atoms with E-state index in [1.807, 2.05) is 19.1 Å². The quantitative estimate of drug-likeness (QED) is 0.863. The molecule has 1 N–H and O–H groups in total. The van der Waals surface area contributed by atoms with E-state index >= 15 is 0 Å². The Bertz CT molecular complexity index is 546. The van der Waals surface area contributed by atoms with E-state index in [4.69, 9.17) is 21.4 Å². The second-order valence-corrected chi connectivity index (χ2v) is 4.07. The van der Waals surface area contributed by atoms with Gasteiger partial charge in [0.1, 0.15) is 17.2 Å². The molecule has 0 unspecified atom stereocenters. The highest BCUT2D eigenvalue weighted by atomic mass is 35.5. The third kappa shape index (κ3) is 2.78. The van der Waals surface area contributed by atoms with Crippen LogP contribution in [0.1, 0.15) is 18.1 Å². The molecular formula is C13H13ClN2O2. The van der Waals surface area contributed by atoms with E-state index < -0.39 is 0 Å². The molecule has 2 rings (SSSR count). The molecule has 94 valence electrons. The van der Waals surface area contributed by atoms with Gasteiger partial charge < -0.3 is 9.84 Å². The van der Waals surface area contributed by atoms with Crippen LogP contribution in [-0.4, -0.2) is 15.1 Å². The number of nitrogens with zero attached hydrogens (tertiary/aromatic N) is 2. The number of benzene rings is 1. The summed E-state index contributed by atoms with van der Waals surface area (Å²) in [6.45, 7) is 1.93. The molecule has 0 saturated carbocycles. The first kappa shape index (κ1) is 12.8. The predicted octanol–water partition coefficient (Wildman–Crippen LogP) is 2.98. The van der Waals surface area contributed by atoms with Gasteiger partial charge in [0, 0.05) is 0 Å². The Balaban J connectivity index is 2.30. The highest BCUT2D eigenvalue weighted by Crippen LogP contribution is 2.27. The summed E-state index contributed by atoms with van der Waals surface area (Å²) in [4.78, 5) is 8.00. The minimum Gasteiger partial charge on any atom is -0.439 e. The maximum atomic E-state index is 9.07. The average molecular weight is 265 g/mol. The first-order valence-corrected chi connectivity index (χ1v) is 5.99. The molecule has 0 spiro atoms. The molecular weight excluding hydrogens is 252 g/mol. The predicted molar refractivity (Wildman–Crippen MR) is 68.9 cm³/mol. The zero-order valence-corrected chi connectivity index (χ0v) is 10.7. The summed E-state index contributed by atoms with van der Waals surface area (Å²) in [6, 6.07) is 7.19. The molecule has 0 saturated heterocycles. The van der Waals surface area contributed by atoms with Crippen molar-refractivity contribution in [2.75, 3.05) is 0 Å². The Morgan fingerprint density at radius 3 is 2.89 bits per heavy atom. The van der Waals surface area contributed by atoms with Crippen LogP contribution in [0.3, 0.4) is 0 Å². The Hall–Kier alpha value is -1.65. The Morgan fingerprint density at radius 2 is 2.17 bits per heavy atom. The van der Waals surface area contributed by atoms with E-state index in [9.17, 15) is 0 Å². The summed E-state index contributed by atoms with van der Waals surface area (Å²) in [6.07, 6.45) is 2.06. The van der Waals surface area contributed by atoms with Crippen molar-refractivity contribution in [3.8, 4) is 11.6 Å². The van der Waals surface area contributed by atoms with Crippen LogP contribution in [0.25, 0.3) is 0 Å². The largest absolute Gasteiger partial charge is 0.439 e. The van der Waals surface area contributed by atoms with Crippen molar-refractivity contribution in [1.29, 1.82) is 0 Å². The molecule has 0 bridgehead atoms. The molecule has 0 aliphatic carbocycles. The minimum absolute atomic E-state index is 0.0254. The van der Waals surface area contributed by atoms with Gasteiger partial charge in [0.2, 0.25) is 5.88 Å². The molecule has 2 aromatic rings. The fourth-order valence-electron chi connectivity index (χ4n) is 1.58. The van der Waals surface area contributed by atoms with E-state index in [1.165, 1.54) is 6.33 Å². The summed E-state index contributed by atoms with van der Waals surface area (Å²) in [5.41, 5.74) is 1.55. The Kier molecular flexibility index (Phi) is 4.12. The molecule has 1 aromatic carbocycles. The topological polar surface area (TPSA) is 55.2 Å². The van der Waals surface area contributed by atoms with Crippen molar-refractivity contribution < 1.29 is 9.84 Å². The molecule has 1 aromatic heterocycles. The second-order valence-electron chi connectivity index (χ2n) is 3.71. The number of aliphatic hydroxyl groups excluding tert-OH is 1. The highest BCUT2D eigenvalue weighted by molar-refractivity contribution is 6.30. The minimum atomic E-state index is -0.0254. The highest BCUT2D eigenvalue weighted by Gasteiger charge is 2.10. The summed E-state index contributed by atoms with van der Waals surface area (Å²) in [7, 11) is 0. The van der Waals surface area contributed by atoms with E-state index in [0.29, 0.717) is 23.2 Å². The van der Waals surface area contributed by atoms with E-state index in [-0.39, 0.29) is 6.61 Å². The lowest BCUT2D eigenvalue weighted by Gasteiger charge is -2.09. The average Bonchev–Trinajstić information content (AvgIpc) is 2.39. The lowest BCUT2D eigenvalue weighted by molar-refractivity contribution is 0.281. The number of hydrogen-bond acceptors (Lipinski definition) is 4. The fourth-order valence-corrected chi connectivity index (χ4v) is 1.84. The van der Waals surface area contributed by atoms with Gasteiger partial charge in [0.05, 0.1) is 12.2 Å². The van der Waals surface area contributed by atoms with Gasteiger partial charge in [-0.1, -0.05) is 30.7 Å². The third-order valence-corrected chi connectivity index (χ3v) is 2.83. The maximum Gasteiger partial charge on any atom is 0.226 e. The van der Waals surface area contributed by atoms with Gasteiger partial charge in [-0.15, -0.1) is 0 Å². The van der Waals surface area contributed by atoms with Crippen LogP contribution < -0.4 is 4.74 Å². The maximum absolute atomic E-state index is 9.07. The first-order valence-electron chi connectivity index (χ1n) is 5.61. The van der Waals surface area contributed by atoms with Crippen LogP contribution in [0.2, 0.25) is 5.15 Å². The SMILES string of the molecule is CCc1c(Cl)ncnc1Oc1cccc(CO)c1.